The lowest BCUT2D eigenvalue weighted by atomic mass is 10.2. The number of hydrogen-bond donors (Lipinski definition) is 2. The maximum absolute atomic E-state index is 12.2. The van der Waals surface area contributed by atoms with Crippen molar-refractivity contribution in [1.29, 1.82) is 0 Å². The van der Waals surface area contributed by atoms with Gasteiger partial charge in [-0.25, -0.2) is 8.42 Å². The van der Waals surface area contributed by atoms with Crippen LogP contribution in [0, 0.1) is 0 Å². The van der Waals surface area contributed by atoms with Gasteiger partial charge >= 0.3 is 0 Å². The Balaban J connectivity index is 1.76. The third-order valence-corrected chi connectivity index (χ3v) is 5.39. The lowest BCUT2D eigenvalue weighted by Gasteiger charge is -2.22. The second kappa shape index (κ2) is 4.94. The zero-order valence-electron chi connectivity index (χ0n) is 10.9. The number of hydrogen-bond acceptors (Lipinski definition) is 3. The van der Waals surface area contributed by atoms with Gasteiger partial charge in [0.05, 0.1) is 11.5 Å². The van der Waals surface area contributed by atoms with Gasteiger partial charge < -0.3 is 10.3 Å². The second-order valence-corrected chi connectivity index (χ2v) is 7.43. The van der Waals surface area contributed by atoms with Crippen molar-refractivity contribution in [3.63, 3.8) is 0 Å². The average molecular weight is 292 g/mol. The van der Waals surface area contributed by atoms with Crippen LogP contribution in [-0.2, 0) is 9.84 Å². The molecule has 0 saturated carbocycles. The molecule has 5 nitrogen and oxygen atoms in total. The number of H-pyrrole nitrogens is 1. The molecule has 0 radical (unpaired) electrons. The molecule has 2 heterocycles. The Morgan fingerprint density at radius 2 is 2.10 bits per heavy atom. The zero-order valence-corrected chi connectivity index (χ0v) is 11.7. The van der Waals surface area contributed by atoms with E-state index in [0.717, 1.165) is 10.9 Å². The third-order valence-electron chi connectivity index (χ3n) is 3.57. The van der Waals surface area contributed by atoms with Crippen LogP contribution in [0.3, 0.4) is 0 Å². The van der Waals surface area contributed by atoms with Crippen molar-refractivity contribution in [2.45, 2.75) is 18.9 Å². The number of rotatable bonds is 2. The summed E-state index contributed by atoms with van der Waals surface area (Å²) in [6, 6.07) is 9.12. The van der Waals surface area contributed by atoms with E-state index < -0.39 is 9.84 Å². The van der Waals surface area contributed by atoms with E-state index in [1.54, 1.807) is 6.07 Å². The summed E-state index contributed by atoms with van der Waals surface area (Å²) in [6.45, 7) is 0. The zero-order chi connectivity index (χ0) is 14.2. The first-order valence-electron chi connectivity index (χ1n) is 6.62. The largest absolute Gasteiger partial charge is 0.351 e. The molecule has 20 heavy (non-hydrogen) atoms. The summed E-state index contributed by atoms with van der Waals surface area (Å²) >= 11 is 0. The molecule has 1 fully saturated rings. The van der Waals surface area contributed by atoms with Crippen LogP contribution in [0.2, 0.25) is 0 Å². The Morgan fingerprint density at radius 3 is 2.85 bits per heavy atom. The van der Waals surface area contributed by atoms with Gasteiger partial charge in [-0.2, -0.15) is 0 Å². The van der Waals surface area contributed by atoms with Crippen molar-refractivity contribution in [2.24, 2.45) is 0 Å². The first-order chi connectivity index (χ1) is 9.53. The SMILES string of the molecule is O=C(NC1CCCS(=O)(=O)C1)c1cc2ccccc2[nH]1. The van der Waals surface area contributed by atoms with Gasteiger partial charge in [0.15, 0.2) is 9.84 Å². The molecule has 1 unspecified atom stereocenters. The number of carbonyl (C=O) groups is 1. The lowest BCUT2D eigenvalue weighted by molar-refractivity contribution is 0.0934. The molecule has 1 aromatic carbocycles. The van der Waals surface area contributed by atoms with Gasteiger partial charge in [0.25, 0.3) is 5.91 Å². The van der Waals surface area contributed by atoms with Gasteiger partial charge in [-0.05, 0) is 25.0 Å². The fraction of sp³-hybridized carbons (Fsp3) is 0.357. The fourth-order valence-corrected chi connectivity index (χ4v) is 4.23. The Morgan fingerprint density at radius 1 is 1.30 bits per heavy atom. The van der Waals surface area contributed by atoms with Gasteiger partial charge in [-0.3, -0.25) is 4.79 Å². The molecule has 1 atom stereocenters. The number of aromatic amines is 1. The number of carbonyl (C=O) groups excluding carboxylic acids is 1. The highest BCUT2D eigenvalue weighted by atomic mass is 32.2. The minimum absolute atomic E-state index is 0.0406. The van der Waals surface area contributed by atoms with Gasteiger partial charge in [0.2, 0.25) is 0 Å². The van der Waals surface area contributed by atoms with Crippen LogP contribution < -0.4 is 5.32 Å². The van der Waals surface area contributed by atoms with Crippen LogP contribution >= 0.6 is 0 Å². The normalized spacial score (nSPS) is 21.7. The number of aromatic nitrogens is 1. The molecule has 0 aliphatic carbocycles. The average Bonchev–Trinajstić information content (AvgIpc) is 2.81. The standard InChI is InChI=1S/C14H16N2O3S/c17-14(15-11-5-3-7-20(18,19)9-11)13-8-10-4-1-2-6-12(10)16-13/h1-2,4,6,8,11,16H,3,5,7,9H2,(H,15,17). The molecule has 1 amide bonds. The Kier molecular flexibility index (Phi) is 3.25. The first kappa shape index (κ1) is 13.2. The van der Waals surface area contributed by atoms with Gasteiger partial charge in [0.1, 0.15) is 5.69 Å². The molecule has 1 saturated heterocycles. The highest BCUT2D eigenvalue weighted by Gasteiger charge is 2.26. The highest BCUT2D eigenvalue weighted by Crippen LogP contribution is 2.16. The number of amides is 1. The maximum Gasteiger partial charge on any atom is 0.267 e. The number of sulfone groups is 1. The highest BCUT2D eigenvalue weighted by molar-refractivity contribution is 7.91. The smallest absolute Gasteiger partial charge is 0.267 e. The van der Waals surface area contributed by atoms with E-state index in [9.17, 15) is 13.2 Å². The molecule has 2 N–H and O–H groups in total. The number of nitrogens with one attached hydrogen (secondary N) is 2. The molecule has 0 bridgehead atoms. The van der Waals surface area contributed by atoms with E-state index in [2.05, 4.69) is 10.3 Å². The second-order valence-electron chi connectivity index (χ2n) is 5.20. The quantitative estimate of drug-likeness (QED) is 0.880. The topological polar surface area (TPSA) is 79.0 Å². The van der Waals surface area contributed by atoms with E-state index >= 15 is 0 Å². The van der Waals surface area contributed by atoms with Crippen molar-refractivity contribution in [3.05, 3.63) is 36.0 Å². The summed E-state index contributed by atoms with van der Waals surface area (Å²) in [6.07, 6.45) is 1.32. The molecule has 1 aliphatic heterocycles. The van der Waals surface area contributed by atoms with Crippen LogP contribution in [-0.4, -0.2) is 36.9 Å². The third kappa shape index (κ3) is 2.70. The van der Waals surface area contributed by atoms with Crippen molar-refractivity contribution in [3.8, 4) is 0 Å². The molecule has 1 aliphatic rings. The fourth-order valence-electron chi connectivity index (χ4n) is 2.60. The lowest BCUT2D eigenvalue weighted by Crippen LogP contribution is -2.43. The summed E-state index contributed by atoms with van der Waals surface area (Å²) in [4.78, 5) is 15.2. The molecule has 6 heteroatoms. The minimum Gasteiger partial charge on any atom is -0.351 e. The number of benzene rings is 1. The van der Waals surface area contributed by atoms with Crippen LogP contribution in [0.25, 0.3) is 10.9 Å². The number of fused-ring (bicyclic) bond motifs is 1. The summed E-state index contributed by atoms with van der Waals surface area (Å²) in [5.41, 5.74) is 1.36. The Bertz CT molecular complexity index is 716. The Labute approximate surface area is 117 Å². The predicted octanol–water partition coefficient (Wildman–Crippen LogP) is 1.47. The molecular formula is C14H16N2O3S. The molecule has 2 aromatic rings. The molecule has 1 aromatic heterocycles. The summed E-state index contributed by atoms with van der Waals surface area (Å²) in [5, 5.41) is 3.77. The van der Waals surface area contributed by atoms with Crippen LogP contribution in [0.4, 0.5) is 0 Å². The molecule has 106 valence electrons. The van der Waals surface area contributed by atoms with Crippen LogP contribution in [0.5, 0.6) is 0 Å². The van der Waals surface area contributed by atoms with E-state index in [0.29, 0.717) is 18.5 Å². The summed E-state index contributed by atoms with van der Waals surface area (Å²) in [7, 11) is -3.01. The van der Waals surface area contributed by atoms with Crippen molar-refractivity contribution in [1.82, 2.24) is 10.3 Å². The van der Waals surface area contributed by atoms with Gasteiger partial charge in [0, 0.05) is 16.9 Å². The van der Waals surface area contributed by atoms with E-state index in [-0.39, 0.29) is 23.5 Å². The minimum atomic E-state index is -3.01. The predicted molar refractivity (Wildman–Crippen MR) is 77.4 cm³/mol. The first-order valence-corrected chi connectivity index (χ1v) is 8.45. The van der Waals surface area contributed by atoms with Crippen LogP contribution in [0.1, 0.15) is 23.3 Å². The van der Waals surface area contributed by atoms with E-state index in [4.69, 9.17) is 0 Å². The summed E-state index contributed by atoms with van der Waals surface area (Å²) in [5.74, 6) is 0.0216. The maximum atomic E-state index is 12.2. The molecule has 3 rings (SSSR count). The molecule has 0 spiro atoms. The van der Waals surface area contributed by atoms with Crippen molar-refractivity contribution < 1.29 is 13.2 Å². The number of para-hydroxylation sites is 1. The van der Waals surface area contributed by atoms with Gasteiger partial charge in [-0.15, -0.1) is 0 Å². The van der Waals surface area contributed by atoms with E-state index in [1.165, 1.54) is 0 Å². The Hall–Kier alpha value is -1.82. The van der Waals surface area contributed by atoms with E-state index in [1.807, 2.05) is 24.3 Å². The monoisotopic (exact) mass is 292 g/mol. The van der Waals surface area contributed by atoms with Crippen molar-refractivity contribution >= 4 is 26.6 Å². The van der Waals surface area contributed by atoms with Gasteiger partial charge in [-0.1, -0.05) is 18.2 Å². The molecular weight excluding hydrogens is 276 g/mol. The summed E-state index contributed by atoms with van der Waals surface area (Å²) < 4.78 is 23.1. The van der Waals surface area contributed by atoms with Crippen LogP contribution in [0.15, 0.2) is 30.3 Å². The van der Waals surface area contributed by atoms with Crippen molar-refractivity contribution in [2.75, 3.05) is 11.5 Å².